The van der Waals surface area contributed by atoms with Crippen molar-refractivity contribution in [2.24, 2.45) is 0 Å². The van der Waals surface area contributed by atoms with E-state index in [1.165, 1.54) is 6.92 Å². The van der Waals surface area contributed by atoms with Crippen molar-refractivity contribution in [1.29, 1.82) is 0 Å². The number of aryl methyl sites for hydroxylation is 1. The standard InChI is InChI=1S/C22H28N2O4/c1-16-6-5-7-19(12-16)15-24(17(2)25)11-10-22(26)23-14-18-8-9-20(27-3)21(13-18)28-4/h5-9,12-13H,10-11,14-15H2,1-4H3,(H,23,26). The van der Waals surface area contributed by atoms with Gasteiger partial charge >= 0.3 is 0 Å². The van der Waals surface area contributed by atoms with Gasteiger partial charge in [-0.2, -0.15) is 0 Å². The molecule has 150 valence electrons. The minimum atomic E-state index is -0.106. The number of benzene rings is 2. The molecule has 0 atom stereocenters. The minimum absolute atomic E-state index is 0.0470. The van der Waals surface area contributed by atoms with E-state index in [1.807, 2.05) is 43.3 Å². The fourth-order valence-corrected chi connectivity index (χ4v) is 2.89. The third-order valence-corrected chi connectivity index (χ3v) is 4.45. The van der Waals surface area contributed by atoms with Gasteiger partial charge in [0.1, 0.15) is 0 Å². The molecule has 1 N–H and O–H groups in total. The molecule has 0 aliphatic carbocycles. The van der Waals surface area contributed by atoms with Crippen molar-refractivity contribution in [1.82, 2.24) is 10.2 Å². The summed E-state index contributed by atoms with van der Waals surface area (Å²) in [5, 5.41) is 2.88. The van der Waals surface area contributed by atoms with Crippen molar-refractivity contribution in [3.8, 4) is 11.5 Å². The zero-order valence-corrected chi connectivity index (χ0v) is 17.0. The highest BCUT2D eigenvalue weighted by atomic mass is 16.5. The first-order valence-corrected chi connectivity index (χ1v) is 9.21. The summed E-state index contributed by atoms with van der Waals surface area (Å²) in [6.07, 6.45) is 0.249. The first-order chi connectivity index (χ1) is 13.4. The van der Waals surface area contributed by atoms with Crippen LogP contribution in [-0.4, -0.2) is 37.5 Å². The van der Waals surface area contributed by atoms with Crippen LogP contribution in [0.25, 0.3) is 0 Å². The smallest absolute Gasteiger partial charge is 0.222 e. The van der Waals surface area contributed by atoms with Crippen LogP contribution in [0, 0.1) is 6.92 Å². The molecular weight excluding hydrogens is 356 g/mol. The molecule has 0 saturated carbocycles. The summed E-state index contributed by atoms with van der Waals surface area (Å²) in [7, 11) is 3.15. The van der Waals surface area contributed by atoms with Crippen LogP contribution in [0.5, 0.6) is 11.5 Å². The minimum Gasteiger partial charge on any atom is -0.493 e. The molecule has 0 saturated heterocycles. The topological polar surface area (TPSA) is 67.9 Å². The fourth-order valence-electron chi connectivity index (χ4n) is 2.89. The van der Waals surface area contributed by atoms with Gasteiger partial charge in [-0.25, -0.2) is 0 Å². The summed E-state index contributed by atoms with van der Waals surface area (Å²) in [4.78, 5) is 25.8. The van der Waals surface area contributed by atoms with E-state index in [1.54, 1.807) is 25.2 Å². The van der Waals surface area contributed by atoms with Crippen molar-refractivity contribution in [3.05, 3.63) is 59.2 Å². The Morgan fingerprint density at radius 2 is 1.75 bits per heavy atom. The van der Waals surface area contributed by atoms with Crippen LogP contribution in [0.3, 0.4) is 0 Å². The van der Waals surface area contributed by atoms with Crippen LogP contribution in [0.4, 0.5) is 0 Å². The van der Waals surface area contributed by atoms with Crippen molar-refractivity contribution >= 4 is 11.8 Å². The maximum absolute atomic E-state index is 12.2. The van der Waals surface area contributed by atoms with Crippen LogP contribution in [0.15, 0.2) is 42.5 Å². The number of nitrogens with one attached hydrogen (secondary N) is 1. The van der Waals surface area contributed by atoms with E-state index in [2.05, 4.69) is 5.32 Å². The monoisotopic (exact) mass is 384 g/mol. The number of rotatable bonds is 9. The molecule has 0 unspecified atom stereocenters. The maximum atomic E-state index is 12.2. The number of hydrogen-bond acceptors (Lipinski definition) is 4. The molecule has 2 aromatic rings. The second kappa shape index (κ2) is 10.3. The summed E-state index contributed by atoms with van der Waals surface area (Å²) in [6.45, 7) is 4.80. The van der Waals surface area contributed by atoms with Gasteiger partial charge in [0.2, 0.25) is 11.8 Å². The largest absolute Gasteiger partial charge is 0.493 e. The van der Waals surface area contributed by atoms with Crippen LogP contribution >= 0.6 is 0 Å². The van der Waals surface area contributed by atoms with E-state index in [9.17, 15) is 9.59 Å². The number of carbonyl (C=O) groups excluding carboxylic acids is 2. The predicted octanol–water partition coefficient (Wildman–Crippen LogP) is 3.07. The van der Waals surface area contributed by atoms with Crippen molar-refractivity contribution in [2.45, 2.75) is 33.4 Å². The number of carbonyl (C=O) groups is 2. The third kappa shape index (κ3) is 6.30. The zero-order chi connectivity index (χ0) is 20.5. The van der Waals surface area contributed by atoms with Crippen molar-refractivity contribution in [2.75, 3.05) is 20.8 Å². The van der Waals surface area contributed by atoms with Gasteiger partial charge in [-0.3, -0.25) is 9.59 Å². The number of hydrogen-bond donors (Lipinski definition) is 1. The average molecular weight is 384 g/mol. The first-order valence-electron chi connectivity index (χ1n) is 9.21. The van der Waals surface area contributed by atoms with E-state index in [0.29, 0.717) is 31.1 Å². The molecule has 6 heteroatoms. The molecule has 2 rings (SSSR count). The molecule has 2 amide bonds. The Balaban J connectivity index is 1.86. The van der Waals surface area contributed by atoms with Crippen molar-refractivity contribution < 1.29 is 19.1 Å². The third-order valence-electron chi connectivity index (χ3n) is 4.45. The lowest BCUT2D eigenvalue weighted by Crippen LogP contribution is -2.33. The molecule has 6 nitrogen and oxygen atoms in total. The predicted molar refractivity (Wildman–Crippen MR) is 108 cm³/mol. The lowest BCUT2D eigenvalue weighted by atomic mass is 10.1. The molecule has 0 aliphatic heterocycles. The number of amides is 2. The maximum Gasteiger partial charge on any atom is 0.222 e. The van der Waals surface area contributed by atoms with Crippen molar-refractivity contribution in [3.63, 3.8) is 0 Å². The second-order valence-corrected chi connectivity index (χ2v) is 6.65. The molecule has 2 aromatic carbocycles. The van der Waals surface area contributed by atoms with Gasteiger partial charge in [-0.15, -0.1) is 0 Å². The molecule has 0 heterocycles. The van der Waals surface area contributed by atoms with Crippen LogP contribution in [0.2, 0.25) is 0 Å². The molecule has 0 aromatic heterocycles. The highest BCUT2D eigenvalue weighted by molar-refractivity contribution is 5.78. The highest BCUT2D eigenvalue weighted by Crippen LogP contribution is 2.27. The first kappa shape index (κ1) is 21.3. The van der Waals surface area contributed by atoms with Crippen LogP contribution < -0.4 is 14.8 Å². The molecule has 0 spiro atoms. The number of nitrogens with zero attached hydrogens (tertiary/aromatic N) is 1. The Hall–Kier alpha value is -3.02. The number of methoxy groups -OCH3 is 2. The summed E-state index contributed by atoms with van der Waals surface area (Å²) in [6, 6.07) is 13.5. The van der Waals surface area contributed by atoms with E-state index in [0.717, 1.165) is 16.7 Å². The SMILES string of the molecule is COc1ccc(CNC(=O)CCN(Cc2cccc(C)c2)C(C)=O)cc1OC. The Morgan fingerprint density at radius 1 is 1.00 bits per heavy atom. The van der Waals surface area contributed by atoms with Gasteiger partial charge in [-0.1, -0.05) is 35.9 Å². The van der Waals surface area contributed by atoms with E-state index >= 15 is 0 Å². The van der Waals surface area contributed by atoms with Gasteiger partial charge < -0.3 is 19.7 Å². The highest BCUT2D eigenvalue weighted by Gasteiger charge is 2.12. The Morgan fingerprint density at radius 3 is 2.39 bits per heavy atom. The molecule has 0 aliphatic rings. The van der Waals surface area contributed by atoms with Gasteiger partial charge in [0.25, 0.3) is 0 Å². The summed E-state index contributed by atoms with van der Waals surface area (Å²) < 4.78 is 10.5. The molecule has 0 bridgehead atoms. The Kier molecular flexibility index (Phi) is 7.87. The second-order valence-electron chi connectivity index (χ2n) is 6.65. The molecule has 0 fully saturated rings. The average Bonchev–Trinajstić information content (AvgIpc) is 2.69. The van der Waals surface area contributed by atoms with Gasteiger partial charge in [0.15, 0.2) is 11.5 Å². The number of ether oxygens (including phenoxy) is 2. The normalized spacial score (nSPS) is 10.3. The Bertz CT molecular complexity index is 820. The zero-order valence-electron chi connectivity index (χ0n) is 17.0. The fraction of sp³-hybridized carbons (Fsp3) is 0.364. The summed E-state index contributed by atoms with van der Waals surface area (Å²) in [5.41, 5.74) is 3.11. The lowest BCUT2D eigenvalue weighted by Gasteiger charge is -2.21. The molecular formula is C22H28N2O4. The quantitative estimate of drug-likeness (QED) is 0.721. The Labute approximate surface area is 166 Å². The molecule has 28 heavy (non-hydrogen) atoms. The lowest BCUT2D eigenvalue weighted by molar-refractivity contribution is -0.130. The van der Waals surface area contributed by atoms with Gasteiger partial charge in [-0.05, 0) is 30.2 Å². The van der Waals surface area contributed by atoms with E-state index in [4.69, 9.17) is 9.47 Å². The summed E-state index contributed by atoms with van der Waals surface area (Å²) >= 11 is 0. The van der Waals surface area contributed by atoms with Crippen LogP contribution in [0.1, 0.15) is 30.0 Å². The van der Waals surface area contributed by atoms with Gasteiger partial charge in [0, 0.05) is 33.0 Å². The molecule has 0 radical (unpaired) electrons. The van der Waals surface area contributed by atoms with E-state index in [-0.39, 0.29) is 18.2 Å². The van der Waals surface area contributed by atoms with Crippen LogP contribution in [-0.2, 0) is 22.7 Å². The van der Waals surface area contributed by atoms with E-state index < -0.39 is 0 Å². The van der Waals surface area contributed by atoms with Gasteiger partial charge in [0.05, 0.1) is 14.2 Å². The summed E-state index contributed by atoms with van der Waals surface area (Å²) in [5.74, 6) is 1.11.